The average Bonchev–Trinajstić information content (AvgIpc) is 2.98. The van der Waals surface area contributed by atoms with Gasteiger partial charge in [-0.15, -0.1) is 0 Å². The first-order valence-electron chi connectivity index (χ1n) is 6.67. The van der Waals surface area contributed by atoms with Crippen LogP contribution >= 0.6 is 0 Å². The van der Waals surface area contributed by atoms with Gasteiger partial charge in [-0.3, -0.25) is 14.9 Å². The number of benzene rings is 1. The second-order valence-corrected chi connectivity index (χ2v) is 4.64. The van der Waals surface area contributed by atoms with Crippen molar-refractivity contribution in [3.8, 4) is 0 Å². The van der Waals surface area contributed by atoms with Gasteiger partial charge in [0.25, 0.3) is 5.69 Å². The normalized spacial score (nSPS) is 17.7. The number of hydrogen-bond donors (Lipinski definition) is 3. The SMILES string of the molecule is O=C(NCCNc1ccccc1[N+](=O)[O-])C1CCCN1. The maximum Gasteiger partial charge on any atom is 0.292 e. The van der Waals surface area contributed by atoms with Crippen LogP contribution in [0.5, 0.6) is 0 Å². The Morgan fingerprint density at radius 2 is 2.20 bits per heavy atom. The lowest BCUT2D eigenvalue weighted by molar-refractivity contribution is -0.384. The Morgan fingerprint density at radius 3 is 2.90 bits per heavy atom. The number of nitro benzene ring substituents is 1. The van der Waals surface area contributed by atoms with Crippen LogP contribution in [0.4, 0.5) is 11.4 Å². The molecule has 108 valence electrons. The zero-order chi connectivity index (χ0) is 14.4. The zero-order valence-electron chi connectivity index (χ0n) is 11.1. The first-order chi connectivity index (χ1) is 9.68. The number of hydrogen-bond acceptors (Lipinski definition) is 5. The summed E-state index contributed by atoms with van der Waals surface area (Å²) in [6.45, 7) is 1.76. The van der Waals surface area contributed by atoms with Crippen LogP contribution in [0, 0.1) is 10.1 Å². The van der Waals surface area contributed by atoms with Crippen LogP contribution in [0.2, 0.25) is 0 Å². The summed E-state index contributed by atoms with van der Waals surface area (Å²) in [5.41, 5.74) is 0.502. The highest BCUT2D eigenvalue weighted by molar-refractivity contribution is 5.82. The molecule has 1 aromatic rings. The first-order valence-corrected chi connectivity index (χ1v) is 6.67. The van der Waals surface area contributed by atoms with E-state index in [0.29, 0.717) is 18.8 Å². The van der Waals surface area contributed by atoms with E-state index >= 15 is 0 Å². The van der Waals surface area contributed by atoms with Crippen LogP contribution in [-0.2, 0) is 4.79 Å². The third-order valence-corrected chi connectivity index (χ3v) is 3.22. The molecule has 1 unspecified atom stereocenters. The molecule has 7 heteroatoms. The maximum absolute atomic E-state index is 11.7. The molecule has 0 saturated carbocycles. The predicted octanol–water partition coefficient (Wildman–Crippen LogP) is 0.875. The molecule has 0 aromatic heterocycles. The number of carbonyl (C=O) groups excluding carboxylic acids is 1. The lowest BCUT2D eigenvalue weighted by Gasteiger charge is -2.12. The predicted molar refractivity (Wildman–Crippen MR) is 75.6 cm³/mol. The minimum absolute atomic E-state index is 0.00754. The van der Waals surface area contributed by atoms with Crippen molar-refractivity contribution in [3.05, 3.63) is 34.4 Å². The van der Waals surface area contributed by atoms with Crippen molar-refractivity contribution >= 4 is 17.3 Å². The van der Waals surface area contributed by atoms with E-state index in [2.05, 4.69) is 16.0 Å². The summed E-state index contributed by atoms with van der Waals surface area (Å²) in [6.07, 6.45) is 1.88. The Hall–Kier alpha value is -2.15. The number of nitrogens with one attached hydrogen (secondary N) is 3. The number of para-hydroxylation sites is 2. The van der Waals surface area contributed by atoms with E-state index < -0.39 is 4.92 Å². The highest BCUT2D eigenvalue weighted by Gasteiger charge is 2.21. The molecule has 0 radical (unpaired) electrons. The lowest BCUT2D eigenvalue weighted by atomic mass is 10.2. The van der Waals surface area contributed by atoms with E-state index in [1.165, 1.54) is 6.07 Å². The van der Waals surface area contributed by atoms with E-state index in [9.17, 15) is 14.9 Å². The molecule has 2 rings (SSSR count). The second kappa shape index (κ2) is 6.85. The summed E-state index contributed by atoms with van der Waals surface area (Å²) in [7, 11) is 0. The smallest absolute Gasteiger partial charge is 0.292 e. The largest absolute Gasteiger partial charge is 0.378 e. The summed E-state index contributed by atoms with van der Waals surface area (Å²) in [6, 6.07) is 6.36. The Kier molecular flexibility index (Phi) is 4.89. The number of nitro groups is 1. The molecule has 1 saturated heterocycles. The Balaban J connectivity index is 1.76. The van der Waals surface area contributed by atoms with Gasteiger partial charge in [0.05, 0.1) is 11.0 Å². The quantitative estimate of drug-likeness (QED) is 0.408. The number of anilines is 1. The zero-order valence-corrected chi connectivity index (χ0v) is 11.1. The van der Waals surface area contributed by atoms with Crippen LogP contribution in [-0.4, -0.2) is 36.5 Å². The van der Waals surface area contributed by atoms with Crippen LogP contribution in [0.1, 0.15) is 12.8 Å². The average molecular weight is 278 g/mol. The van der Waals surface area contributed by atoms with Crippen molar-refractivity contribution in [3.63, 3.8) is 0 Å². The van der Waals surface area contributed by atoms with Crippen LogP contribution in [0.15, 0.2) is 24.3 Å². The van der Waals surface area contributed by atoms with Gasteiger partial charge in [0, 0.05) is 19.2 Å². The van der Waals surface area contributed by atoms with Crippen molar-refractivity contribution < 1.29 is 9.72 Å². The molecule has 1 aromatic carbocycles. The summed E-state index contributed by atoms with van der Waals surface area (Å²) in [5.74, 6) is -0.00754. The van der Waals surface area contributed by atoms with Gasteiger partial charge >= 0.3 is 0 Å². The summed E-state index contributed by atoms with van der Waals surface area (Å²) >= 11 is 0. The number of nitrogens with zero attached hydrogens (tertiary/aromatic N) is 1. The van der Waals surface area contributed by atoms with Crippen molar-refractivity contribution in [2.75, 3.05) is 25.0 Å². The first kappa shape index (κ1) is 14.3. The standard InChI is InChI=1S/C13H18N4O3/c18-13(11-5-3-7-14-11)16-9-8-15-10-4-1-2-6-12(10)17(19)20/h1-2,4,6,11,14-15H,3,5,7-9H2,(H,16,18). The van der Waals surface area contributed by atoms with E-state index in [0.717, 1.165) is 19.4 Å². The van der Waals surface area contributed by atoms with Crippen LogP contribution < -0.4 is 16.0 Å². The van der Waals surface area contributed by atoms with E-state index in [-0.39, 0.29) is 17.6 Å². The molecular formula is C13H18N4O3. The van der Waals surface area contributed by atoms with Crippen LogP contribution in [0.3, 0.4) is 0 Å². The number of carbonyl (C=O) groups is 1. The van der Waals surface area contributed by atoms with Gasteiger partial charge in [-0.25, -0.2) is 0 Å². The molecule has 0 bridgehead atoms. The van der Waals surface area contributed by atoms with E-state index in [1.54, 1.807) is 18.2 Å². The van der Waals surface area contributed by atoms with Crippen molar-refractivity contribution in [2.45, 2.75) is 18.9 Å². The monoisotopic (exact) mass is 278 g/mol. The number of rotatable bonds is 6. The summed E-state index contributed by atoms with van der Waals surface area (Å²) in [4.78, 5) is 22.1. The minimum atomic E-state index is -0.427. The fraction of sp³-hybridized carbons (Fsp3) is 0.462. The van der Waals surface area contributed by atoms with Gasteiger partial charge in [0.15, 0.2) is 0 Å². The van der Waals surface area contributed by atoms with Gasteiger partial charge in [-0.05, 0) is 25.5 Å². The summed E-state index contributed by atoms with van der Waals surface area (Å²) < 4.78 is 0. The third-order valence-electron chi connectivity index (χ3n) is 3.22. The van der Waals surface area contributed by atoms with E-state index in [4.69, 9.17) is 0 Å². The Labute approximate surface area is 116 Å². The fourth-order valence-electron chi connectivity index (χ4n) is 2.20. The topological polar surface area (TPSA) is 96.3 Å². The minimum Gasteiger partial charge on any atom is -0.378 e. The molecule has 20 heavy (non-hydrogen) atoms. The van der Waals surface area contributed by atoms with Gasteiger partial charge in [-0.2, -0.15) is 0 Å². The van der Waals surface area contributed by atoms with Crippen molar-refractivity contribution in [1.29, 1.82) is 0 Å². The molecule has 0 spiro atoms. The maximum atomic E-state index is 11.7. The van der Waals surface area contributed by atoms with Crippen LogP contribution in [0.25, 0.3) is 0 Å². The van der Waals surface area contributed by atoms with Gasteiger partial charge < -0.3 is 16.0 Å². The highest BCUT2D eigenvalue weighted by Crippen LogP contribution is 2.22. The second-order valence-electron chi connectivity index (χ2n) is 4.64. The van der Waals surface area contributed by atoms with Gasteiger partial charge in [0.1, 0.15) is 5.69 Å². The molecule has 1 aliphatic heterocycles. The molecule has 7 nitrogen and oxygen atoms in total. The van der Waals surface area contributed by atoms with E-state index in [1.807, 2.05) is 0 Å². The summed E-state index contributed by atoms with van der Waals surface area (Å²) in [5, 5.41) is 19.7. The molecule has 1 aliphatic rings. The molecule has 3 N–H and O–H groups in total. The molecular weight excluding hydrogens is 260 g/mol. The third kappa shape index (κ3) is 3.67. The fourth-order valence-corrected chi connectivity index (χ4v) is 2.20. The Morgan fingerprint density at radius 1 is 1.40 bits per heavy atom. The molecule has 1 fully saturated rings. The number of amides is 1. The molecule has 0 aliphatic carbocycles. The van der Waals surface area contributed by atoms with Gasteiger partial charge in [0.2, 0.25) is 5.91 Å². The van der Waals surface area contributed by atoms with Gasteiger partial charge in [-0.1, -0.05) is 12.1 Å². The van der Waals surface area contributed by atoms with Crippen molar-refractivity contribution in [1.82, 2.24) is 10.6 Å². The molecule has 1 heterocycles. The molecule has 1 atom stereocenters. The van der Waals surface area contributed by atoms with Crippen molar-refractivity contribution in [2.24, 2.45) is 0 Å². The molecule has 1 amide bonds. The lowest BCUT2D eigenvalue weighted by Crippen LogP contribution is -2.42. The highest BCUT2D eigenvalue weighted by atomic mass is 16.6. The Bertz CT molecular complexity index is 486.